The summed E-state index contributed by atoms with van der Waals surface area (Å²) in [7, 11) is 0. The van der Waals surface area contributed by atoms with Crippen molar-refractivity contribution in [3.8, 4) is 57.0 Å². The summed E-state index contributed by atoms with van der Waals surface area (Å²) in [6.07, 6.45) is 1.91. The summed E-state index contributed by atoms with van der Waals surface area (Å²) in [5.74, 6) is 1.97. The Hall–Kier alpha value is -8.82. The molecule has 0 radical (unpaired) electrons. The van der Waals surface area contributed by atoms with Crippen LogP contribution in [0, 0.1) is 34.2 Å². The average molecular weight is 1130 g/mol. The number of ether oxygens (including phenoxy) is 1. The third kappa shape index (κ3) is 6.68. The zero-order valence-electron chi connectivity index (χ0n) is 40.9. The minimum absolute atomic E-state index is 0.110. The first kappa shape index (κ1) is 43.9. The van der Waals surface area contributed by atoms with Gasteiger partial charge in [-0.15, -0.1) is 0 Å². The van der Waals surface area contributed by atoms with Gasteiger partial charge in [0.2, 0.25) is 0 Å². The van der Waals surface area contributed by atoms with E-state index in [0.717, 1.165) is 120 Å². The van der Waals surface area contributed by atoms with Crippen LogP contribution in [0.1, 0.15) is 37.5 Å². The summed E-state index contributed by atoms with van der Waals surface area (Å²) in [4.78, 5) is 5.05. The van der Waals surface area contributed by atoms with Gasteiger partial charge in [0.15, 0.2) is 0 Å². The Kier molecular flexibility index (Phi) is 9.86. The van der Waals surface area contributed by atoms with Crippen LogP contribution >= 0.6 is 0 Å². The molecule has 9 aromatic carbocycles. The minimum Gasteiger partial charge on any atom is -0.0561 e. The van der Waals surface area contributed by atoms with E-state index in [1.54, 1.807) is 0 Å². The predicted molar refractivity (Wildman–Crippen MR) is 296 cm³/mol. The van der Waals surface area contributed by atoms with E-state index < -0.39 is 0 Å². The van der Waals surface area contributed by atoms with Gasteiger partial charge in [-0.2, -0.15) is 5.26 Å². The van der Waals surface area contributed by atoms with Gasteiger partial charge in [0.05, 0.1) is 28.2 Å². The van der Waals surface area contributed by atoms with Crippen LogP contribution in [0.2, 0.25) is 0 Å². The van der Waals surface area contributed by atoms with Crippen molar-refractivity contribution in [2.24, 2.45) is 0 Å². The second kappa shape index (κ2) is 16.6. The molecular formula is C66H44N6OPt-2. The maximum atomic E-state index is 10.2. The molecule has 0 spiro atoms. The van der Waals surface area contributed by atoms with Crippen molar-refractivity contribution >= 4 is 70.9 Å². The molecule has 0 aliphatic rings. The molecule has 5 aromatic heterocycles. The van der Waals surface area contributed by atoms with E-state index in [1.807, 2.05) is 24.4 Å². The van der Waals surface area contributed by atoms with Crippen molar-refractivity contribution in [1.29, 1.82) is 5.26 Å². The third-order valence-electron chi connectivity index (χ3n) is 14.7. The molecule has 0 saturated carbocycles. The van der Waals surface area contributed by atoms with Crippen LogP contribution in [0.15, 0.2) is 194 Å². The number of para-hydroxylation sites is 4. The average Bonchev–Trinajstić information content (AvgIpc) is 4.19. The number of aromatic nitrogens is 5. The fraction of sp³-hybridized carbons (Fsp3) is 0.0758. The number of imidazole rings is 1. The zero-order chi connectivity index (χ0) is 50.0. The fourth-order valence-corrected chi connectivity index (χ4v) is 12.3. The van der Waals surface area contributed by atoms with Gasteiger partial charge in [-0.05, 0) is 35.2 Å². The van der Waals surface area contributed by atoms with Gasteiger partial charge in [-0.3, -0.25) is 0 Å². The van der Waals surface area contributed by atoms with Crippen molar-refractivity contribution in [2.75, 3.05) is 0 Å². The quantitative estimate of drug-likeness (QED) is 0.149. The Morgan fingerprint density at radius 3 is 1.91 bits per heavy atom. The Morgan fingerprint density at radius 1 is 0.554 bits per heavy atom. The first-order chi connectivity index (χ1) is 36.1. The Balaban J connectivity index is 0.953. The smallest absolute Gasteiger partial charge is 0.0561 e. The Bertz CT molecular complexity index is 4660. The van der Waals surface area contributed by atoms with Crippen molar-refractivity contribution in [3.05, 3.63) is 227 Å². The zero-order valence-corrected chi connectivity index (χ0v) is 43.2. The number of aryl methyl sites for hydroxylation is 1. The summed E-state index contributed by atoms with van der Waals surface area (Å²) in [6.45, 7) is 8.75. The van der Waals surface area contributed by atoms with Gasteiger partial charge >= 0.3 is 301 Å². The number of fused-ring (bicyclic) bond motifs is 10. The van der Waals surface area contributed by atoms with E-state index in [-0.39, 0.29) is 5.41 Å². The molecule has 8 heteroatoms. The molecule has 7 nitrogen and oxygen atoms in total. The molecule has 0 amide bonds. The van der Waals surface area contributed by atoms with Crippen LogP contribution in [0.4, 0.5) is 0 Å². The van der Waals surface area contributed by atoms with Crippen LogP contribution in [0.3, 0.4) is 0 Å². The molecule has 0 bridgehead atoms. The van der Waals surface area contributed by atoms with Crippen LogP contribution in [-0.2, 0) is 24.8 Å². The van der Waals surface area contributed by atoms with E-state index in [9.17, 15) is 5.26 Å². The van der Waals surface area contributed by atoms with E-state index >= 15 is 0 Å². The number of benzene rings is 9. The molecule has 356 valence electrons. The molecular weight excluding hydrogens is 1090 g/mol. The number of nitriles is 1. The molecule has 0 atom stereocenters. The molecule has 0 aliphatic carbocycles. The topological polar surface area (TPSA) is 65.1 Å². The Morgan fingerprint density at radius 2 is 1.20 bits per heavy atom. The van der Waals surface area contributed by atoms with Gasteiger partial charge in [0.1, 0.15) is 0 Å². The van der Waals surface area contributed by atoms with E-state index in [0.29, 0.717) is 17.1 Å². The van der Waals surface area contributed by atoms with Gasteiger partial charge in [0.25, 0.3) is 0 Å². The van der Waals surface area contributed by atoms with Crippen molar-refractivity contribution < 1.29 is 24.1 Å². The summed E-state index contributed by atoms with van der Waals surface area (Å²) in [6, 6.07) is 76.2. The van der Waals surface area contributed by atoms with Gasteiger partial charge < -0.3 is 4.40 Å². The Labute approximate surface area is 437 Å². The molecule has 0 saturated heterocycles. The second-order valence-corrected chi connectivity index (χ2v) is 21.2. The molecule has 0 N–H and O–H groups in total. The number of hydrogen-bond acceptors (Lipinski definition) is 3. The van der Waals surface area contributed by atoms with Crippen LogP contribution < -0.4 is 4.74 Å². The standard InChI is InChI=1S/C66H44N6O.Pt/c1-41-26-27-46(69-40-70(58-25-14-13-24-57(58)69)64-48(43-16-7-5-8-17-43)21-15-22-49(64)44-18-9-6-10-19-44)35-62(41)73-47-28-29-51-52-37-53-55-33-42(39-67)32-54-50-20-11-12-23-56(50)72(65(54)55)61(53)38-60(52)71(59(51)36-47)63-34-45(30-31-68-63)66(2,3)4;/h5-34,37-38H,1-4H3;/q-2;. The SMILES string of the molecule is Cc1ccc(-n2[c](=[Pt])n(-c3c(-c4ccccc4)cccc3-c3ccccc3)c3ccccc32)[c-]c1Oc1[c-]c2c(cc1)c1cc3c4cc(C#N)cc5c6ccccc6n(c3cc1n2-c1cc(C(C)(C)C)ccn1)c54. The monoisotopic (exact) mass is 1130 g/mol. The summed E-state index contributed by atoms with van der Waals surface area (Å²) in [5, 5.41) is 16.7. The summed E-state index contributed by atoms with van der Waals surface area (Å²) < 4.78 is 17.2. The van der Waals surface area contributed by atoms with Gasteiger partial charge in [-0.25, -0.2) is 0 Å². The molecule has 14 rings (SSSR count). The molecule has 0 aliphatic heterocycles. The molecule has 5 heterocycles. The number of pyridine rings is 1. The summed E-state index contributed by atoms with van der Waals surface area (Å²) in [5.41, 5.74) is 16.4. The number of rotatable bonds is 7. The fourth-order valence-electron chi connectivity index (χ4n) is 11.2. The van der Waals surface area contributed by atoms with Crippen LogP contribution in [0.25, 0.3) is 110 Å². The molecule has 14 aromatic rings. The van der Waals surface area contributed by atoms with Gasteiger partial charge in [0, 0.05) is 27.7 Å². The van der Waals surface area contributed by atoms with E-state index in [1.165, 1.54) is 5.56 Å². The van der Waals surface area contributed by atoms with Crippen LogP contribution in [0.5, 0.6) is 11.5 Å². The van der Waals surface area contributed by atoms with Crippen molar-refractivity contribution in [1.82, 2.24) is 23.1 Å². The first-order valence-electron chi connectivity index (χ1n) is 24.8. The number of hydrogen-bond donors (Lipinski definition) is 0. The first-order valence-corrected chi connectivity index (χ1v) is 25.9. The van der Waals surface area contributed by atoms with Crippen molar-refractivity contribution in [2.45, 2.75) is 33.1 Å². The normalized spacial score (nSPS) is 12.1. The molecule has 0 unspecified atom stereocenters. The second-order valence-electron chi connectivity index (χ2n) is 20.1. The maximum absolute atomic E-state index is 10.2. The number of nitrogens with zero attached hydrogens (tertiary/aromatic N) is 6. The van der Waals surface area contributed by atoms with Crippen molar-refractivity contribution in [3.63, 3.8) is 0 Å². The third-order valence-corrected chi connectivity index (χ3v) is 15.7. The van der Waals surface area contributed by atoms with E-state index in [2.05, 4.69) is 253 Å². The minimum atomic E-state index is -0.110. The summed E-state index contributed by atoms with van der Waals surface area (Å²) >= 11 is 2.48. The predicted octanol–water partition coefficient (Wildman–Crippen LogP) is 16.3. The van der Waals surface area contributed by atoms with E-state index in [4.69, 9.17) is 9.72 Å². The van der Waals surface area contributed by atoms with Gasteiger partial charge in [-0.1, -0.05) is 39.0 Å². The molecule has 74 heavy (non-hydrogen) atoms. The van der Waals surface area contributed by atoms with Crippen LogP contribution in [-0.4, -0.2) is 23.1 Å². The molecule has 0 fully saturated rings.